The van der Waals surface area contributed by atoms with Gasteiger partial charge in [-0.3, -0.25) is 0 Å². The van der Waals surface area contributed by atoms with Crippen LogP contribution in [0.5, 0.6) is 0 Å². The number of nitrogens with zero attached hydrogens (tertiary/aromatic N) is 1. The zero-order valence-electron chi connectivity index (χ0n) is 9.46. The van der Waals surface area contributed by atoms with Gasteiger partial charge in [0.2, 0.25) is 0 Å². The van der Waals surface area contributed by atoms with Crippen LogP contribution in [0.15, 0.2) is 40.9 Å². The first kappa shape index (κ1) is 12.8. The molecule has 0 saturated carbocycles. The van der Waals surface area contributed by atoms with E-state index in [0.29, 0.717) is 0 Å². The van der Waals surface area contributed by atoms with Crippen LogP contribution in [0, 0.1) is 3.57 Å². The maximum Gasteiger partial charge on any atom is 0.0781 e. The molecule has 0 fully saturated rings. The summed E-state index contributed by atoms with van der Waals surface area (Å²) in [7, 11) is 0. The molecule has 0 spiro atoms. The standard InChI is InChI=1S/C14H10BrClIN/c15-12-2-1-3-13(14(12)16)18-7-9-4-5-11(17)6-10(9)8-18/h1-6H,7-8H2. The van der Waals surface area contributed by atoms with E-state index in [1.54, 1.807) is 0 Å². The highest BCUT2D eigenvalue weighted by atomic mass is 127. The highest BCUT2D eigenvalue weighted by Crippen LogP contribution is 2.37. The molecule has 0 aliphatic carbocycles. The molecule has 0 saturated heterocycles. The van der Waals surface area contributed by atoms with Crippen LogP contribution in [0.2, 0.25) is 5.02 Å². The van der Waals surface area contributed by atoms with Gasteiger partial charge in [-0.25, -0.2) is 0 Å². The zero-order valence-corrected chi connectivity index (χ0v) is 14.0. The molecule has 0 aromatic heterocycles. The van der Waals surface area contributed by atoms with Gasteiger partial charge in [-0.05, 0) is 73.9 Å². The van der Waals surface area contributed by atoms with Crippen molar-refractivity contribution >= 4 is 55.8 Å². The van der Waals surface area contributed by atoms with Crippen molar-refractivity contribution in [1.29, 1.82) is 0 Å². The average Bonchev–Trinajstić information content (AvgIpc) is 2.75. The van der Waals surface area contributed by atoms with Crippen molar-refractivity contribution in [3.8, 4) is 0 Å². The summed E-state index contributed by atoms with van der Waals surface area (Å²) in [5, 5.41) is 0.792. The normalized spacial score (nSPS) is 13.8. The Hall–Kier alpha value is -0.260. The quantitative estimate of drug-likeness (QED) is 0.556. The third kappa shape index (κ3) is 2.28. The van der Waals surface area contributed by atoms with Gasteiger partial charge in [0.15, 0.2) is 0 Å². The smallest absolute Gasteiger partial charge is 0.0781 e. The summed E-state index contributed by atoms with van der Waals surface area (Å²) < 4.78 is 2.24. The highest BCUT2D eigenvalue weighted by molar-refractivity contribution is 14.1. The summed E-state index contributed by atoms with van der Waals surface area (Å²) in [5.41, 5.74) is 3.89. The van der Waals surface area contributed by atoms with E-state index in [0.717, 1.165) is 28.3 Å². The molecule has 0 bridgehead atoms. The lowest BCUT2D eigenvalue weighted by Gasteiger charge is -2.19. The second kappa shape index (κ2) is 5.02. The van der Waals surface area contributed by atoms with Crippen LogP contribution in [0.3, 0.4) is 0 Å². The van der Waals surface area contributed by atoms with E-state index in [-0.39, 0.29) is 0 Å². The van der Waals surface area contributed by atoms with Crippen molar-refractivity contribution in [2.24, 2.45) is 0 Å². The predicted molar refractivity (Wildman–Crippen MR) is 88.2 cm³/mol. The SMILES string of the molecule is Clc1c(Br)cccc1N1Cc2ccc(I)cc2C1. The topological polar surface area (TPSA) is 3.24 Å². The number of halogens is 3. The molecule has 1 aliphatic rings. The number of hydrogen-bond donors (Lipinski definition) is 0. The van der Waals surface area contributed by atoms with Gasteiger partial charge in [0.05, 0.1) is 10.7 Å². The van der Waals surface area contributed by atoms with Crippen LogP contribution in [-0.4, -0.2) is 0 Å². The molecular weight excluding hydrogens is 424 g/mol. The van der Waals surface area contributed by atoms with Gasteiger partial charge in [-0.2, -0.15) is 0 Å². The Morgan fingerprint density at radius 1 is 1.11 bits per heavy atom. The van der Waals surface area contributed by atoms with E-state index in [4.69, 9.17) is 11.6 Å². The average molecular weight is 435 g/mol. The summed E-state index contributed by atoms with van der Waals surface area (Å²) in [6, 6.07) is 12.7. The predicted octanol–water partition coefficient (Wildman–Crippen LogP) is 5.23. The molecule has 2 aromatic carbocycles. The molecule has 0 unspecified atom stereocenters. The second-order valence-corrected chi connectivity index (χ2v) is 6.82. The van der Waals surface area contributed by atoms with E-state index in [9.17, 15) is 0 Å². The van der Waals surface area contributed by atoms with Gasteiger partial charge in [0.1, 0.15) is 0 Å². The first-order valence-electron chi connectivity index (χ1n) is 5.61. The van der Waals surface area contributed by atoms with Crippen LogP contribution in [-0.2, 0) is 13.1 Å². The number of anilines is 1. The van der Waals surface area contributed by atoms with Crippen molar-refractivity contribution in [1.82, 2.24) is 0 Å². The van der Waals surface area contributed by atoms with Crippen molar-refractivity contribution in [2.45, 2.75) is 13.1 Å². The lowest BCUT2D eigenvalue weighted by atomic mass is 10.1. The number of fused-ring (bicyclic) bond motifs is 1. The molecule has 3 rings (SSSR count). The molecule has 2 aromatic rings. The van der Waals surface area contributed by atoms with Crippen molar-refractivity contribution in [3.05, 3.63) is 60.6 Å². The van der Waals surface area contributed by atoms with Crippen molar-refractivity contribution in [2.75, 3.05) is 4.90 Å². The lowest BCUT2D eigenvalue weighted by Crippen LogP contribution is -2.14. The molecular formula is C14H10BrClIN. The molecule has 0 atom stereocenters. The van der Waals surface area contributed by atoms with Crippen molar-refractivity contribution in [3.63, 3.8) is 0 Å². The molecule has 92 valence electrons. The summed E-state index contributed by atoms with van der Waals surface area (Å²) in [6.45, 7) is 1.87. The zero-order chi connectivity index (χ0) is 12.7. The van der Waals surface area contributed by atoms with Gasteiger partial charge in [0.25, 0.3) is 0 Å². The summed E-state index contributed by atoms with van der Waals surface area (Å²) in [4.78, 5) is 2.31. The van der Waals surface area contributed by atoms with Gasteiger partial charge >= 0.3 is 0 Å². The Labute approximate surface area is 133 Å². The molecule has 4 heteroatoms. The Kier molecular flexibility index (Phi) is 3.56. The van der Waals surface area contributed by atoms with Gasteiger partial charge in [-0.1, -0.05) is 23.7 Å². The Morgan fingerprint density at radius 3 is 2.72 bits per heavy atom. The molecule has 0 N–H and O–H groups in total. The number of benzene rings is 2. The monoisotopic (exact) mass is 433 g/mol. The molecule has 1 aliphatic heterocycles. The van der Waals surface area contributed by atoms with Crippen LogP contribution in [0.4, 0.5) is 5.69 Å². The Bertz CT molecular complexity index is 615. The third-order valence-corrected chi connectivity index (χ3v) is 5.12. The highest BCUT2D eigenvalue weighted by Gasteiger charge is 2.21. The van der Waals surface area contributed by atoms with Crippen molar-refractivity contribution < 1.29 is 0 Å². The van der Waals surface area contributed by atoms with Gasteiger partial charge < -0.3 is 4.90 Å². The molecule has 18 heavy (non-hydrogen) atoms. The minimum atomic E-state index is 0.792. The maximum atomic E-state index is 6.36. The molecule has 0 radical (unpaired) electrons. The maximum absolute atomic E-state index is 6.36. The summed E-state index contributed by atoms with van der Waals surface area (Å²) in [6.07, 6.45) is 0. The summed E-state index contributed by atoms with van der Waals surface area (Å²) >= 11 is 12.2. The summed E-state index contributed by atoms with van der Waals surface area (Å²) in [5.74, 6) is 0. The fourth-order valence-corrected chi connectivity index (χ4v) is 3.43. The first-order chi connectivity index (χ1) is 8.65. The van der Waals surface area contributed by atoms with Crippen LogP contribution in [0.1, 0.15) is 11.1 Å². The van der Waals surface area contributed by atoms with Gasteiger partial charge in [-0.15, -0.1) is 0 Å². The lowest BCUT2D eigenvalue weighted by molar-refractivity contribution is 0.880. The Morgan fingerprint density at radius 2 is 1.89 bits per heavy atom. The minimum absolute atomic E-state index is 0.792. The van der Waals surface area contributed by atoms with E-state index >= 15 is 0 Å². The minimum Gasteiger partial charge on any atom is -0.362 e. The molecule has 1 heterocycles. The third-order valence-electron chi connectivity index (χ3n) is 3.16. The fraction of sp³-hybridized carbons (Fsp3) is 0.143. The Balaban J connectivity index is 1.96. The van der Waals surface area contributed by atoms with E-state index in [2.05, 4.69) is 67.7 Å². The van der Waals surface area contributed by atoms with Crippen LogP contribution < -0.4 is 4.90 Å². The molecule has 0 amide bonds. The van der Waals surface area contributed by atoms with E-state index < -0.39 is 0 Å². The van der Waals surface area contributed by atoms with Crippen LogP contribution >= 0.6 is 50.1 Å². The van der Waals surface area contributed by atoms with E-state index in [1.165, 1.54) is 14.7 Å². The number of hydrogen-bond acceptors (Lipinski definition) is 1. The van der Waals surface area contributed by atoms with E-state index in [1.807, 2.05) is 12.1 Å². The van der Waals surface area contributed by atoms with Gasteiger partial charge in [0, 0.05) is 21.1 Å². The number of rotatable bonds is 1. The second-order valence-electron chi connectivity index (χ2n) is 4.34. The largest absolute Gasteiger partial charge is 0.362 e. The fourth-order valence-electron chi connectivity index (χ4n) is 2.27. The molecule has 1 nitrogen and oxygen atoms in total. The first-order valence-corrected chi connectivity index (χ1v) is 7.86. The van der Waals surface area contributed by atoms with Crippen LogP contribution in [0.25, 0.3) is 0 Å².